The smallest absolute Gasteiger partial charge is 0.313 e. The molecule has 0 spiro atoms. The van der Waals surface area contributed by atoms with Gasteiger partial charge in [0, 0.05) is 12.6 Å². The summed E-state index contributed by atoms with van der Waals surface area (Å²) in [7, 11) is 1.62. The number of benzene rings is 1. The normalized spacial score (nSPS) is 11.2. The quantitative estimate of drug-likeness (QED) is 0.830. The first kappa shape index (κ1) is 14.7. The van der Waals surface area contributed by atoms with Gasteiger partial charge < -0.3 is 14.4 Å². The van der Waals surface area contributed by atoms with E-state index in [1.165, 1.54) is 11.8 Å². The molecule has 1 aromatic heterocycles. The van der Waals surface area contributed by atoms with E-state index >= 15 is 0 Å². The third-order valence-corrected chi connectivity index (χ3v) is 3.75. The molecule has 6 heteroatoms. The maximum atomic E-state index is 10.7. The Morgan fingerprint density at radius 2 is 2.25 bits per heavy atom. The minimum atomic E-state index is -0.837. The number of rotatable bonds is 6. The monoisotopic (exact) mass is 294 g/mol. The first-order valence-electron chi connectivity index (χ1n) is 6.40. The topological polar surface area (TPSA) is 64.3 Å². The summed E-state index contributed by atoms with van der Waals surface area (Å²) in [6.45, 7) is 5.06. The third kappa shape index (κ3) is 3.25. The van der Waals surface area contributed by atoms with Gasteiger partial charge in [-0.1, -0.05) is 25.6 Å². The van der Waals surface area contributed by atoms with Gasteiger partial charge in [0.2, 0.25) is 0 Å². The van der Waals surface area contributed by atoms with E-state index in [2.05, 4.69) is 23.4 Å². The number of thioether (sulfide) groups is 1. The highest BCUT2D eigenvalue weighted by Gasteiger charge is 2.14. The first-order chi connectivity index (χ1) is 9.51. The van der Waals surface area contributed by atoms with Gasteiger partial charge in [0.25, 0.3) is 0 Å². The summed E-state index contributed by atoms with van der Waals surface area (Å²) in [5.41, 5.74) is 1.84. The number of carbonyl (C=O) groups is 1. The number of hydrogen-bond donors (Lipinski definition) is 1. The molecule has 108 valence electrons. The molecular weight excluding hydrogens is 276 g/mol. The SMILES string of the molecule is COc1ccc2c(c1)nc(SCC(=O)O)n2CC(C)C. The van der Waals surface area contributed by atoms with Crippen molar-refractivity contribution >= 4 is 28.8 Å². The van der Waals surface area contributed by atoms with Crippen LogP contribution < -0.4 is 4.74 Å². The fourth-order valence-corrected chi connectivity index (χ4v) is 2.74. The molecule has 0 saturated carbocycles. The van der Waals surface area contributed by atoms with Gasteiger partial charge in [-0.15, -0.1) is 0 Å². The van der Waals surface area contributed by atoms with Crippen molar-refractivity contribution in [1.82, 2.24) is 9.55 Å². The molecule has 0 amide bonds. The molecule has 20 heavy (non-hydrogen) atoms. The summed E-state index contributed by atoms with van der Waals surface area (Å²) in [6, 6.07) is 5.73. The molecule has 1 aromatic carbocycles. The maximum absolute atomic E-state index is 10.7. The van der Waals surface area contributed by atoms with Gasteiger partial charge in [-0.2, -0.15) is 0 Å². The van der Waals surface area contributed by atoms with Crippen molar-refractivity contribution in [3.8, 4) is 5.75 Å². The van der Waals surface area contributed by atoms with Crippen LogP contribution in [0, 0.1) is 5.92 Å². The van der Waals surface area contributed by atoms with E-state index in [9.17, 15) is 4.79 Å². The number of aromatic nitrogens is 2. The van der Waals surface area contributed by atoms with Gasteiger partial charge in [0.15, 0.2) is 5.16 Å². The lowest BCUT2D eigenvalue weighted by Crippen LogP contribution is -2.07. The Balaban J connectivity index is 2.44. The molecule has 5 nitrogen and oxygen atoms in total. The zero-order valence-corrected chi connectivity index (χ0v) is 12.6. The Morgan fingerprint density at radius 1 is 1.50 bits per heavy atom. The minimum absolute atomic E-state index is 0.0125. The van der Waals surface area contributed by atoms with Gasteiger partial charge in [-0.3, -0.25) is 4.79 Å². The van der Waals surface area contributed by atoms with E-state index in [4.69, 9.17) is 9.84 Å². The Bertz CT molecular complexity index is 622. The largest absolute Gasteiger partial charge is 0.497 e. The Kier molecular flexibility index (Phi) is 4.54. The molecular formula is C14H18N2O3S. The van der Waals surface area contributed by atoms with Crippen LogP contribution in [0.1, 0.15) is 13.8 Å². The van der Waals surface area contributed by atoms with Crippen LogP contribution in [-0.2, 0) is 11.3 Å². The number of imidazole rings is 1. The van der Waals surface area contributed by atoms with Gasteiger partial charge >= 0.3 is 5.97 Å². The second-order valence-electron chi connectivity index (χ2n) is 4.94. The van der Waals surface area contributed by atoms with Crippen LogP contribution in [0.15, 0.2) is 23.4 Å². The van der Waals surface area contributed by atoms with E-state index in [0.29, 0.717) is 5.92 Å². The number of ether oxygens (including phenoxy) is 1. The second-order valence-corrected chi connectivity index (χ2v) is 5.88. The first-order valence-corrected chi connectivity index (χ1v) is 7.38. The Morgan fingerprint density at radius 3 is 2.85 bits per heavy atom. The number of fused-ring (bicyclic) bond motifs is 1. The molecule has 0 fully saturated rings. The van der Waals surface area contributed by atoms with Crippen molar-refractivity contribution in [3.05, 3.63) is 18.2 Å². The van der Waals surface area contributed by atoms with Crippen molar-refractivity contribution < 1.29 is 14.6 Å². The van der Waals surface area contributed by atoms with Crippen molar-refractivity contribution in [2.45, 2.75) is 25.5 Å². The number of hydrogen-bond acceptors (Lipinski definition) is 4. The average molecular weight is 294 g/mol. The van der Waals surface area contributed by atoms with Crippen LogP contribution in [0.5, 0.6) is 5.75 Å². The van der Waals surface area contributed by atoms with Gasteiger partial charge in [-0.05, 0) is 18.1 Å². The number of aliphatic carboxylic acids is 1. The zero-order chi connectivity index (χ0) is 14.7. The van der Waals surface area contributed by atoms with Gasteiger partial charge in [-0.25, -0.2) is 4.98 Å². The minimum Gasteiger partial charge on any atom is -0.497 e. The van der Waals surface area contributed by atoms with E-state index in [1.54, 1.807) is 7.11 Å². The van der Waals surface area contributed by atoms with E-state index in [0.717, 1.165) is 28.5 Å². The lowest BCUT2D eigenvalue weighted by Gasteiger charge is -2.10. The molecule has 2 rings (SSSR count). The van der Waals surface area contributed by atoms with Crippen LogP contribution in [0.2, 0.25) is 0 Å². The van der Waals surface area contributed by atoms with Crippen molar-refractivity contribution in [1.29, 1.82) is 0 Å². The molecule has 0 saturated heterocycles. The van der Waals surface area contributed by atoms with Crippen molar-refractivity contribution in [2.75, 3.05) is 12.9 Å². The molecule has 0 bridgehead atoms. The molecule has 0 aliphatic rings. The maximum Gasteiger partial charge on any atom is 0.313 e. The molecule has 0 radical (unpaired) electrons. The Labute approximate surface area is 121 Å². The zero-order valence-electron chi connectivity index (χ0n) is 11.8. The highest BCUT2D eigenvalue weighted by atomic mass is 32.2. The highest BCUT2D eigenvalue weighted by Crippen LogP contribution is 2.27. The van der Waals surface area contributed by atoms with Crippen LogP contribution in [0.25, 0.3) is 11.0 Å². The summed E-state index contributed by atoms with van der Waals surface area (Å²) in [6.07, 6.45) is 0. The molecule has 1 heterocycles. The number of methoxy groups -OCH3 is 1. The third-order valence-electron chi connectivity index (χ3n) is 2.79. The standard InChI is InChI=1S/C14H18N2O3S/c1-9(2)7-16-12-5-4-10(19-3)6-11(12)15-14(16)20-8-13(17)18/h4-6,9H,7-8H2,1-3H3,(H,17,18). The number of carboxylic acids is 1. The van der Waals surface area contributed by atoms with Crippen LogP contribution in [0.3, 0.4) is 0 Å². The van der Waals surface area contributed by atoms with Gasteiger partial charge in [0.05, 0.1) is 23.9 Å². The molecule has 2 aromatic rings. The summed E-state index contributed by atoms with van der Waals surface area (Å²) < 4.78 is 7.28. The van der Waals surface area contributed by atoms with E-state index < -0.39 is 5.97 Å². The van der Waals surface area contributed by atoms with Crippen molar-refractivity contribution in [2.24, 2.45) is 5.92 Å². The van der Waals surface area contributed by atoms with Crippen LogP contribution in [-0.4, -0.2) is 33.5 Å². The second kappa shape index (κ2) is 6.17. The predicted molar refractivity (Wildman–Crippen MR) is 79.5 cm³/mol. The number of nitrogens with zero attached hydrogens (tertiary/aromatic N) is 2. The fourth-order valence-electron chi connectivity index (χ4n) is 1.99. The molecule has 1 N–H and O–H groups in total. The van der Waals surface area contributed by atoms with E-state index in [1.807, 2.05) is 18.2 Å². The van der Waals surface area contributed by atoms with E-state index in [-0.39, 0.29) is 5.75 Å². The Hall–Kier alpha value is -1.69. The van der Waals surface area contributed by atoms with Crippen LogP contribution >= 0.6 is 11.8 Å². The summed E-state index contributed by atoms with van der Waals surface area (Å²) in [4.78, 5) is 15.3. The summed E-state index contributed by atoms with van der Waals surface area (Å²) in [5.74, 6) is 0.384. The molecule has 0 atom stereocenters. The fraction of sp³-hybridized carbons (Fsp3) is 0.429. The molecule has 0 aliphatic carbocycles. The lowest BCUT2D eigenvalue weighted by atomic mass is 10.2. The molecule has 0 aliphatic heterocycles. The van der Waals surface area contributed by atoms with Crippen LogP contribution in [0.4, 0.5) is 0 Å². The summed E-state index contributed by atoms with van der Waals surface area (Å²) in [5, 5.41) is 9.57. The predicted octanol–water partition coefficient (Wildman–Crippen LogP) is 2.88. The average Bonchev–Trinajstić information content (AvgIpc) is 2.73. The van der Waals surface area contributed by atoms with Gasteiger partial charge in [0.1, 0.15) is 5.75 Å². The highest BCUT2D eigenvalue weighted by molar-refractivity contribution is 7.99. The molecule has 0 unspecified atom stereocenters. The summed E-state index contributed by atoms with van der Waals surface area (Å²) >= 11 is 1.25. The lowest BCUT2D eigenvalue weighted by molar-refractivity contribution is -0.133. The number of carboxylic acid groups (broad SMARTS) is 1. The van der Waals surface area contributed by atoms with Crippen molar-refractivity contribution in [3.63, 3.8) is 0 Å².